The molecule has 0 aliphatic heterocycles. The van der Waals surface area contributed by atoms with Crippen LogP contribution in [0.3, 0.4) is 0 Å². The number of furan rings is 1. The van der Waals surface area contributed by atoms with E-state index in [0.29, 0.717) is 0 Å². The average molecular weight is 194 g/mol. The van der Waals surface area contributed by atoms with Crippen molar-refractivity contribution in [2.45, 2.75) is 0 Å². The van der Waals surface area contributed by atoms with Crippen LogP contribution < -0.4 is 5.56 Å². The molecule has 6 nitrogen and oxygen atoms in total. The molecule has 0 bridgehead atoms. The molecule has 0 aliphatic rings. The van der Waals surface area contributed by atoms with Crippen LogP contribution in [-0.4, -0.2) is 21.3 Å². The van der Waals surface area contributed by atoms with Crippen LogP contribution >= 0.6 is 0 Å². The molecule has 14 heavy (non-hydrogen) atoms. The highest BCUT2D eigenvalue weighted by atomic mass is 16.4. The first-order valence-corrected chi connectivity index (χ1v) is 3.78. The highest BCUT2D eigenvalue weighted by Crippen LogP contribution is 2.18. The third kappa shape index (κ3) is 1.13. The molecule has 2 aromatic heterocycles. The van der Waals surface area contributed by atoms with E-state index in [9.17, 15) is 9.59 Å². The van der Waals surface area contributed by atoms with Gasteiger partial charge in [-0.3, -0.25) is 15.0 Å². The molecule has 3 N–H and O–H groups in total. The maximum atomic E-state index is 11.2. The molecule has 0 spiro atoms. The summed E-state index contributed by atoms with van der Waals surface area (Å²) in [6.07, 6.45) is 1.37. The molecule has 2 heterocycles. The Morgan fingerprint density at radius 2 is 2.21 bits per heavy atom. The summed E-state index contributed by atoms with van der Waals surface area (Å²) < 4.78 is 4.95. The lowest BCUT2D eigenvalue weighted by Crippen LogP contribution is -2.04. The summed E-state index contributed by atoms with van der Waals surface area (Å²) in [4.78, 5) is 21.9. The van der Waals surface area contributed by atoms with Crippen LogP contribution in [0.1, 0.15) is 10.5 Å². The Morgan fingerprint density at radius 1 is 1.43 bits per heavy atom. The molecule has 72 valence electrons. The Kier molecular flexibility index (Phi) is 1.74. The topological polar surface area (TPSA) is 99.1 Å². The first-order chi connectivity index (χ1) is 6.70. The standard InChI is InChI=1S/C8H6N2O4/c11-7-5(4-2-1-3-14-4)6(8(12)13)9-10-7/h1-3H,(H,12,13)(H2,9,10,11). The quantitative estimate of drug-likeness (QED) is 0.653. The number of aromatic amines is 2. The van der Waals surface area contributed by atoms with E-state index in [1.165, 1.54) is 12.3 Å². The van der Waals surface area contributed by atoms with E-state index in [0.717, 1.165) is 0 Å². The summed E-state index contributed by atoms with van der Waals surface area (Å²) in [6.45, 7) is 0. The zero-order valence-electron chi connectivity index (χ0n) is 6.90. The fourth-order valence-corrected chi connectivity index (χ4v) is 1.17. The first kappa shape index (κ1) is 8.36. The zero-order valence-corrected chi connectivity index (χ0v) is 6.90. The monoisotopic (exact) mass is 194 g/mol. The molecule has 0 unspecified atom stereocenters. The Balaban J connectivity index is 2.68. The van der Waals surface area contributed by atoms with E-state index < -0.39 is 11.5 Å². The Labute approximate surface area is 77.2 Å². The third-order valence-electron chi connectivity index (χ3n) is 1.76. The van der Waals surface area contributed by atoms with Gasteiger partial charge in [0.05, 0.1) is 6.26 Å². The van der Waals surface area contributed by atoms with Gasteiger partial charge in [-0.1, -0.05) is 0 Å². The van der Waals surface area contributed by atoms with Crippen molar-refractivity contribution in [3.8, 4) is 11.3 Å². The number of hydrogen-bond acceptors (Lipinski definition) is 3. The van der Waals surface area contributed by atoms with Crippen molar-refractivity contribution in [1.29, 1.82) is 0 Å². The highest BCUT2D eigenvalue weighted by Gasteiger charge is 2.19. The fourth-order valence-electron chi connectivity index (χ4n) is 1.17. The van der Waals surface area contributed by atoms with Gasteiger partial charge in [0.1, 0.15) is 11.3 Å². The lowest BCUT2D eigenvalue weighted by Gasteiger charge is -1.91. The lowest BCUT2D eigenvalue weighted by atomic mass is 10.2. The Hall–Kier alpha value is -2.24. The van der Waals surface area contributed by atoms with Gasteiger partial charge in [-0.25, -0.2) is 4.79 Å². The number of aromatic nitrogens is 2. The maximum Gasteiger partial charge on any atom is 0.354 e. The molecule has 0 fully saturated rings. The van der Waals surface area contributed by atoms with Crippen molar-refractivity contribution in [2.24, 2.45) is 0 Å². The van der Waals surface area contributed by atoms with Gasteiger partial charge >= 0.3 is 5.97 Å². The summed E-state index contributed by atoms with van der Waals surface area (Å²) >= 11 is 0. The number of aromatic carboxylic acids is 1. The van der Waals surface area contributed by atoms with Crippen LogP contribution in [0.15, 0.2) is 27.6 Å². The minimum Gasteiger partial charge on any atom is -0.477 e. The highest BCUT2D eigenvalue weighted by molar-refractivity contribution is 5.92. The number of carboxylic acid groups (broad SMARTS) is 1. The molecule has 0 aromatic carbocycles. The summed E-state index contributed by atoms with van der Waals surface area (Å²) in [5.74, 6) is -0.986. The van der Waals surface area contributed by atoms with Crippen LogP contribution in [0.4, 0.5) is 0 Å². The van der Waals surface area contributed by atoms with E-state index in [2.05, 4.69) is 10.2 Å². The largest absolute Gasteiger partial charge is 0.477 e. The number of H-pyrrole nitrogens is 2. The fraction of sp³-hybridized carbons (Fsp3) is 0. The van der Waals surface area contributed by atoms with E-state index in [4.69, 9.17) is 9.52 Å². The van der Waals surface area contributed by atoms with Crippen LogP contribution in [-0.2, 0) is 0 Å². The van der Waals surface area contributed by atoms with Crippen LogP contribution in [0.25, 0.3) is 11.3 Å². The number of carboxylic acids is 1. The minimum atomic E-state index is -1.21. The van der Waals surface area contributed by atoms with Crippen molar-refractivity contribution in [1.82, 2.24) is 10.2 Å². The molecule has 0 saturated heterocycles. The molecule has 0 radical (unpaired) electrons. The predicted octanol–water partition coefficient (Wildman–Crippen LogP) is 0.661. The second-order valence-electron chi connectivity index (χ2n) is 2.61. The van der Waals surface area contributed by atoms with Gasteiger partial charge in [0, 0.05) is 0 Å². The van der Waals surface area contributed by atoms with Crippen LogP contribution in [0, 0.1) is 0 Å². The minimum absolute atomic E-state index is 0.00231. The van der Waals surface area contributed by atoms with Gasteiger partial charge in [0.25, 0.3) is 5.56 Å². The van der Waals surface area contributed by atoms with Crippen molar-refractivity contribution in [2.75, 3.05) is 0 Å². The summed E-state index contributed by atoms with van der Waals surface area (Å²) in [5, 5.41) is 13.2. The smallest absolute Gasteiger partial charge is 0.354 e. The van der Waals surface area contributed by atoms with Crippen molar-refractivity contribution in [3.05, 3.63) is 34.4 Å². The van der Waals surface area contributed by atoms with Gasteiger partial charge < -0.3 is 9.52 Å². The Bertz CT molecular complexity index is 506. The van der Waals surface area contributed by atoms with Crippen LogP contribution in [0.5, 0.6) is 0 Å². The SMILES string of the molecule is O=C(O)c1[nH][nH]c(=O)c1-c1ccco1. The normalized spacial score (nSPS) is 10.3. The van der Waals surface area contributed by atoms with Crippen molar-refractivity contribution < 1.29 is 14.3 Å². The molecule has 2 aromatic rings. The number of carbonyl (C=O) groups is 1. The van der Waals surface area contributed by atoms with Gasteiger partial charge in [-0.2, -0.15) is 0 Å². The second kappa shape index (κ2) is 2.91. The van der Waals surface area contributed by atoms with E-state index in [1.807, 2.05) is 0 Å². The summed E-state index contributed by atoms with van der Waals surface area (Å²) in [7, 11) is 0. The maximum absolute atomic E-state index is 11.2. The molecule has 0 aliphatic carbocycles. The molecule has 0 amide bonds. The van der Waals surface area contributed by atoms with Gasteiger partial charge in [0.2, 0.25) is 0 Å². The van der Waals surface area contributed by atoms with E-state index >= 15 is 0 Å². The molecule has 0 saturated carbocycles. The van der Waals surface area contributed by atoms with Crippen molar-refractivity contribution >= 4 is 5.97 Å². The summed E-state index contributed by atoms with van der Waals surface area (Å²) in [5.41, 5.74) is -0.718. The third-order valence-corrected chi connectivity index (χ3v) is 1.76. The van der Waals surface area contributed by atoms with Crippen molar-refractivity contribution in [3.63, 3.8) is 0 Å². The lowest BCUT2D eigenvalue weighted by molar-refractivity contribution is 0.0691. The van der Waals surface area contributed by atoms with Crippen LogP contribution in [0.2, 0.25) is 0 Å². The molecule has 2 rings (SSSR count). The summed E-state index contributed by atoms with van der Waals surface area (Å²) in [6, 6.07) is 3.10. The molecule has 6 heteroatoms. The average Bonchev–Trinajstić information content (AvgIpc) is 2.71. The zero-order chi connectivity index (χ0) is 10.1. The predicted molar refractivity (Wildman–Crippen MR) is 46.1 cm³/mol. The molecule has 0 atom stereocenters. The molecular formula is C8H6N2O4. The van der Waals surface area contributed by atoms with E-state index in [1.54, 1.807) is 6.07 Å². The number of nitrogens with one attached hydrogen (secondary N) is 2. The van der Waals surface area contributed by atoms with Gasteiger partial charge in [0.15, 0.2) is 5.69 Å². The number of hydrogen-bond donors (Lipinski definition) is 3. The second-order valence-corrected chi connectivity index (χ2v) is 2.61. The number of rotatable bonds is 2. The van der Waals surface area contributed by atoms with Gasteiger partial charge in [-0.05, 0) is 12.1 Å². The first-order valence-electron chi connectivity index (χ1n) is 3.78. The van der Waals surface area contributed by atoms with Gasteiger partial charge in [-0.15, -0.1) is 0 Å². The Morgan fingerprint density at radius 3 is 2.79 bits per heavy atom. The van der Waals surface area contributed by atoms with E-state index in [-0.39, 0.29) is 17.0 Å². The molecular weight excluding hydrogens is 188 g/mol.